The maximum Gasteiger partial charge on any atom is 0.255 e. The van der Waals surface area contributed by atoms with Crippen molar-refractivity contribution in [3.8, 4) is 0 Å². The molecule has 1 fully saturated rings. The minimum absolute atomic E-state index is 0. The van der Waals surface area contributed by atoms with Crippen LogP contribution in [0.25, 0.3) is 0 Å². The number of aromatic nitrogens is 2. The summed E-state index contributed by atoms with van der Waals surface area (Å²) < 4.78 is 7.54. The average molecular weight is 377 g/mol. The fourth-order valence-corrected chi connectivity index (χ4v) is 3.75. The number of nitrogens with one attached hydrogen (secondary N) is 2. The summed E-state index contributed by atoms with van der Waals surface area (Å²) in [6, 6.07) is 8.70. The molecule has 0 bridgehead atoms. The number of nitrogens with zero attached hydrogens (tertiary/aromatic N) is 2. The molecule has 0 radical (unpaired) electrons. The summed E-state index contributed by atoms with van der Waals surface area (Å²) >= 11 is 0. The van der Waals surface area contributed by atoms with Crippen molar-refractivity contribution in [3.63, 3.8) is 0 Å². The Morgan fingerprint density at radius 3 is 3.04 bits per heavy atom. The van der Waals surface area contributed by atoms with Crippen LogP contribution in [-0.2, 0) is 16.0 Å². The highest BCUT2D eigenvalue weighted by Crippen LogP contribution is 2.35. The Kier molecular flexibility index (Phi) is 5.96. The molecule has 140 valence electrons. The van der Waals surface area contributed by atoms with Crippen LogP contribution in [0.3, 0.4) is 0 Å². The number of carbonyl (C=O) groups excluding carboxylic acids is 1. The number of anilines is 1. The normalized spacial score (nSPS) is 22.2. The van der Waals surface area contributed by atoms with Gasteiger partial charge in [0.1, 0.15) is 11.9 Å². The number of morpholine rings is 1. The van der Waals surface area contributed by atoms with E-state index < -0.39 is 6.10 Å². The molecule has 2 unspecified atom stereocenters. The number of hydrogen-bond acceptors (Lipinski definition) is 4. The van der Waals surface area contributed by atoms with E-state index in [1.807, 2.05) is 17.8 Å². The molecule has 26 heavy (non-hydrogen) atoms. The van der Waals surface area contributed by atoms with Crippen LogP contribution in [0.15, 0.2) is 30.5 Å². The summed E-state index contributed by atoms with van der Waals surface area (Å²) in [7, 11) is 0. The molecule has 1 saturated heterocycles. The highest BCUT2D eigenvalue weighted by molar-refractivity contribution is 5.94. The van der Waals surface area contributed by atoms with E-state index in [1.165, 1.54) is 11.1 Å². The van der Waals surface area contributed by atoms with Crippen molar-refractivity contribution >= 4 is 24.1 Å². The van der Waals surface area contributed by atoms with Crippen LogP contribution in [0, 0.1) is 6.92 Å². The van der Waals surface area contributed by atoms with Gasteiger partial charge in [0.15, 0.2) is 0 Å². The quantitative estimate of drug-likeness (QED) is 0.863. The lowest BCUT2D eigenvalue weighted by Gasteiger charge is -2.28. The number of fused-ring (bicyclic) bond motifs is 1. The van der Waals surface area contributed by atoms with Crippen LogP contribution in [0.1, 0.15) is 35.6 Å². The lowest BCUT2D eigenvalue weighted by atomic mass is 9.88. The van der Waals surface area contributed by atoms with Crippen molar-refractivity contribution in [2.45, 2.75) is 38.3 Å². The lowest BCUT2D eigenvalue weighted by Crippen LogP contribution is -2.45. The van der Waals surface area contributed by atoms with Crippen molar-refractivity contribution in [1.29, 1.82) is 0 Å². The Labute approximate surface area is 159 Å². The monoisotopic (exact) mass is 376 g/mol. The number of aryl methyl sites for hydroxylation is 2. The van der Waals surface area contributed by atoms with E-state index in [2.05, 4.69) is 40.0 Å². The Balaban J connectivity index is 0.00000196. The second-order valence-electron chi connectivity index (χ2n) is 6.78. The number of ether oxygens (including phenoxy) is 1. The van der Waals surface area contributed by atoms with Gasteiger partial charge in [-0.2, -0.15) is 5.10 Å². The number of carbonyl (C=O) groups is 1. The van der Waals surface area contributed by atoms with Gasteiger partial charge in [0.2, 0.25) is 0 Å². The van der Waals surface area contributed by atoms with Crippen molar-refractivity contribution in [3.05, 3.63) is 47.2 Å². The van der Waals surface area contributed by atoms with Crippen LogP contribution >= 0.6 is 12.4 Å². The van der Waals surface area contributed by atoms with Crippen LogP contribution in [0.5, 0.6) is 0 Å². The first-order chi connectivity index (χ1) is 12.2. The largest absolute Gasteiger partial charge is 0.366 e. The summed E-state index contributed by atoms with van der Waals surface area (Å²) in [5.41, 5.74) is 3.66. The lowest BCUT2D eigenvalue weighted by molar-refractivity contribution is -0.128. The second-order valence-corrected chi connectivity index (χ2v) is 6.78. The average Bonchev–Trinajstić information content (AvgIpc) is 3.02. The summed E-state index contributed by atoms with van der Waals surface area (Å²) in [5, 5.41) is 10.8. The number of rotatable bonds is 3. The Morgan fingerprint density at radius 2 is 2.23 bits per heavy atom. The molecule has 2 aliphatic rings. The van der Waals surface area contributed by atoms with E-state index in [9.17, 15) is 4.79 Å². The van der Waals surface area contributed by atoms with Gasteiger partial charge in [-0.25, -0.2) is 4.68 Å². The number of hydrogen-bond donors (Lipinski definition) is 2. The van der Waals surface area contributed by atoms with E-state index in [0.717, 1.165) is 37.2 Å². The third-order valence-electron chi connectivity index (χ3n) is 5.07. The standard InChI is InChI=1S/C19H24N4O2.ClH/c1-13-11-21-23(16-8-4-6-14-5-2-3-7-15(14)16)18(13)22-19(24)17-12-20-9-10-25-17;/h2-3,5,7,11,16-17,20H,4,6,8-10,12H2,1H3,(H,22,24);1H. The van der Waals surface area contributed by atoms with Crippen molar-refractivity contribution < 1.29 is 9.53 Å². The summed E-state index contributed by atoms with van der Waals surface area (Å²) in [6.07, 6.45) is 4.64. The predicted octanol–water partition coefficient (Wildman–Crippen LogP) is 2.47. The van der Waals surface area contributed by atoms with Crippen LogP contribution in [0.2, 0.25) is 0 Å². The smallest absolute Gasteiger partial charge is 0.255 e. The first-order valence-electron chi connectivity index (χ1n) is 8.99. The molecule has 1 aromatic heterocycles. The molecule has 2 heterocycles. The minimum Gasteiger partial charge on any atom is -0.366 e. The summed E-state index contributed by atoms with van der Waals surface area (Å²) in [6.45, 7) is 3.88. The van der Waals surface area contributed by atoms with Gasteiger partial charge in [0.25, 0.3) is 5.91 Å². The van der Waals surface area contributed by atoms with Gasteiger partial charge < -0.3 is 15.4 Å². The van der Waals surface area contributed by atoms with Crippen LogP contribution < -0.4 is 10.6 Å². The van der Waals surface area contributed by atoms with Gasteiger partial charge in [0, 0.05) is 18.7 Å². The van der Waals surface area contributed by atoms with Crippen molar-refractivity contribution in [1.82, 2.24) is 15.1 Å². The van der Waals surface area contributed by atoms with Gasteiger partial charge >= 0.3 is 0 Å². The van der Waals surface area contributed by atoms with Gasteiger partial charge in [-0.3, -0.25) is 4.79 Å². The number of halogens is 1. The summed E-state index contributed by atoms with van der Waals surface area (Å²) in [5.74, 6) is 0.669. The highest BCUT2D eigenvalue weighted by atomic mass is 35.5. The van der Waals surface area contributed by atoms with Crippen LogP contribution in [0.4, 0.5) is 5.82 Å². The molecule has 1 aromatic carbocycles. The second kappa shape index (κ2) is 8.20. The zero-order chi connectivity index (χ0) is 17.2. The van der Waals surface area contributed by atoms with E-state index in [-0.39, 0.29) is 24.4 Å². The van der Waals surface area contributed by atoms with E-state index in [0.29, 0.717) is 13.2 Å². The van der Waals surface area contributed by atoms with E-state index in [1.54, 1.807) is 0 Å². The molecule has 2 N–H and O–H groups in total. The van der Waals surface area contributed by atoms with Gasteiger partial charge in [-0.1, -0.05) is 24.3 Å². The van der Waals surface area contributed by atoms with E-state index >= 15 is 0 Å². The first kappa shape index (κ1) is 18.9. The molecule has 4 rings (SSSR count). The maximum atomic E-state index is 12.6. The number of amides is 1. The minimum atomic E-state index is -0.449. The van der Waals surface area contributed by atoms with Crippen molar-refractivity contribution in [2.24, 2.45) is 0 Å². The first-order valence-corrected chi connectivity index (χ1v) is 8.99. The molecule has 6 nitrogen and oxygen atoms in total. The molecular formula is C19H25ClN4O2. The zero-order valence-electron chi connectivity index (χ0n) is 14.9. The van der Waals surface area contributed by atoms with Crippen LogP contribution in [-0.4, -0.2) is 41.5 Å². The molecule has 1 aliphatic carbocycles. The topological polar surface area (TPSA) is 68.2 Å². The fraction of sp³-hybridized carbons (Fsp3) is 0.474. The van der Waals surface area contributed by atoms with Gasteiger partial charge in [-0.05, 0) is 37.3 Å². The Morgan fingerprint density at radius 1 is 1.38 bits per heavy atom. The predicted molar refractivity (Wildman–Crippen MR) is 103 cm³/mol. The fourth-order valence-electron chi connectivity index (χ4n) is 3.75. The summed E-state index contributed by atoms with van der Waals surface area (Å²) in [4.78, 5) is 12.6. The third-order valence-corrected chi connectivity index (χ3v) is 5.07. The Hall–Kier alpha value is -1.89. The SMILES string of the molecule is Cc1cnn(C2CCCc3ccccc32)c1NC(=O)C1CNCCO1.Cl. The van der Waals surface area contributed by atoms with E-state index in [4.69, 9.17) is 4.74 Å². The maximum absolute atomic E-state index is 12.6. The number of benzene rings is 1. The Bertz CT molecular complexity index is 771. The molecule has 7 heteroatoms. The molecule has 1 amide bonds. The molecule has 2 atom stereocenters. The molecule has 1 aliphatic heterocycles. The highest BCUT2D eigenvalue weighted by Gasteiger charge is 2.27. The molecule has 0 spiro atoms. The molecular weight excluding hydrogens is 352 g/mol. The molecule has 2 aromatic rings. The van der Waals surface area contributed by atoms with Gasteiger partial charge in [0.05, 0.1) is 18.8 Å². The van der Waals surface area contributed by atoms with Gasteiger partial charge in [-0.15, -0.1) is 12.4 Å². The third kappa shape index (κ3) is 3.63. The molecule has 0 saturated carbocycles. The zero-order valence-corrected chi connectivity index (χ0v) is 15.7. The van der Waals surface area contributed by atoms with Crippen molar-refractivity contribution in [2.75, 3.05) is 25.0 Å².